The number of alkyl halides is 3. The minimum Gasteiger partial charge on any atom is -0.497 e. The monoisotopic (exact) mass is 304 g/mol. The molecule has 21 heavy (non-hydrogen) atoms. The first-order valence-electron chi connectivity index (χ1n) is 6.82. The molecule has 0 amide bonds. The fraction of sp³-hybridized carbons (Fsp3) is 0.600. The van der Waals surface area contributed by atoms with Crippen molar-refractivity contribution < 1.29 is 27.8 Å². The van der Waals surface area contributed by atoms with Crippen molar-refractivity contribution in [1.29, 1.82) is 0 Å². The van der Waals surface area contributed by atoms with Crippen molar-refractivity contribution in [2.45, 2.75) is 37.5 Å². The molecule has 0 atom stereocenters. The Hall–Kier alpha value is -1.43. The zero-order chi connectivity index (χ0) is 15.7. The highest BCUT2D eigenvalue weighted by Gasteiger charge is 2.46. The van der Waals surface area contributed by atoms with E-state index in [4.69, 9.17) is 9.47 Å². The molecule has 1 aromatic rings. The summed E-state index contributed by atoms with van der Waals surface area (Å²) in [5, 5.41) is 10.7. The molecule has 1 N–H and O–H groups in total. The first kappa shape index (κ1) is 15.9. The number of hydrogen-bond acceptors (Lipinski definition) is 3. The summed E-state index contributed by atoms with van der Waals surface area (Å²) in [7, 11) is 2.97. The number of methoxy groups -OCH3 is 2. The van der Waals surface area contributed by atoms with E-state index in [-0.39, 0.29) is 25.7 Å². The van der Waals surface area contributed by atoms with Crippen molar-refractivity contribution >= 4 is 0 Å². The summed E-state index contributed by atoms with van der Waals surface area (Å²) >= 11 is 0. The molecule has 1 aliphatic rings. The van der Waals surface area contributed by atoms with Gasteiger partial charge in [0.15, 0.2) is 0 Å². The molecule has 0 saturated heterocycles. The Balaban J connectivity index is 2.22. The van der Waals surface area contributed by atoms with Crippen LogP contribution < -0.4 is 9.47 Å². The molecule has 0 radical (unpaired) electrons. The van der Waals surface area contributed by atoms with Gasteiger partial charge in [-0.25, -0.2) is 0 Å². The Morgan fingerprint density at radius 3 is 2.24 bits per heavy atom. The van der Waals surface area contributed by atoms with Crippen LogP contribution in [0.15, 0.2) is 18.2 Å². The molecule has 0 bridgehead atoms. The van der Waals surface area contributed by atoms with Crippen LogP contribution in [-0.2, 0) is 5.60 Å². The first-order chi connectivity index (χ1) is 9.80. The average molecular weight is 304 g/mol. The lowest BCUT2D eigenvalue weighted by Gasteiger charge is -2.37. The molecule has 1 fully saturated rings. The Morgan fingerprint density at radius 1 is 1.14 bits per heavy atom. The van der Waals surface area contributed by atoms with Crippen molar-refractivity contribution in [3.8, 4) is 11.5 Å². The van der Waals surface area contributed by atoms with Crippen LogP contribution >= 0.6 is 0 Å². The highest BCUT2D eigenvalue weighted by atomic mass is 19.4. The normalized spacial score (nSPS) is 26.5. The van der Waals surface area contributed by atoms with E-state index in [1.807, 2.05) is 0 Å². The van der Waals surface area contributed by atoms with Crippen LogP contribution in [0.2, 0.25) is 0 Å². The fourth-order valence-electron chi connectivity index (χ4n) is 2.87. The second-order valence-corrected chi connectivity index (χ2v) is 5.41. The standard InChI is InChI=1S/C15H19F3O3/c1-20-11-3-4-12(13(9-11)21-2)14(19)7-5-10(6-8-14)15(16,17)18/h3-4,9-10,19H,5-8H2,1-2H3. The lowest BCUT2D eigenvalue weighted by Crippen LogP contribution is -2.36. The summed E-state index contributed by atoms with van der Waals surface area (Å²) in [5.41, 5.74) is -0.759. The van der Waals surface area contributed by atoms with Crippen LogP contribution in [-0.4, -0.2) is 25.5 Å². The molecule has 0 spiro atoms. The predicted molar refractivity (Wildman–Crippen MR) is 71.5 cm³/mol. The van der Waals surface area contributed by atoms with Crippen LogP contribution in [0.25, 0.3) is 0 Å². The van der Waals surface area contributed by atoms with Gasteiger partial charge in [-0.1, -0.05) is 0 Å². The summed E-state index contributed by atoms with van der Waals surface area (Å²) in [6.45, 7) is 0. The van der Waals surface area contributed by atoms with Crippen molar-refractivity contribution in [2.75, 3.05) is 14.2 Å². The second kappa shape index (κ2) is 5.75. The van der Waals surface area contributed by atoms with Crippen LogP contribution in [0.4, 0.5) is 13.2 Å². The molecule has 3 nitrogen and oxygen atoms in total. The predicted octanol–water partition coefficient (Wildman–Crippen LogP) is 3.64. The summed E-state index contributed by atoms with van der Waals surface area (Å²) in [4.78, 5) is 0. The van der Waals surface area contributed by atoms with Gasteiger partial charge in [0.25, 0.3) is 0 Å². The lowest BCUT2D eigenvalue weighted by molar-refractivity contribution is -0.193. The van der Waals surface area contributed by atoms with E-state index in [2.05, 4.69) is 0 Å². The van der Waals surface area contributed by atoms with E-state index in [0.29, 0.717) is 17.1 Å². The van der Waals surface area contributed by atoms with Gasteiger partial charge in [0, 0.05) is 11.6 Å². The smallest absolute Gasteiger partial charge is 0.391 e. The van der Waals surface area contributed by atoms with Gasteiger partial charge >= 0.3 is 6.18 Å². The number of ether oxygens (including phenoxy) is 2. The van der Waals surface area contributed by atoms with Crippen molar-refractivity contribution in [2.24, 2.45) is 5.92 Å². The molecule has 118 valence electrons. The van der Waals surface area contributed by atoms with Crippen molar-refractivity contribution in [1.82, 2.24) is 0 Å². The highest BCUT2D eigenvalue weighted by Crippen LogP contribution is 2.47. The Bertz CT molecular complexity index is 491. The molecule has 1 saturated carbocycles. The Morgan fingerprint density at radius 2 is 1.76 bits per heavy atom. The number of aliphatic hydroxyl groups is 1. The molecule has 0 aromatic heterocycles. The first-order valence-corrected chi connectivity index (χ1v) is 6.82. The van der Waals surface area contributed by atoms with Gasteiger partial charge in [0.2, 0.25) is 0 Å². The lowest BCUT2D eigenvalue weighted by atomic mass is 9.74. The maximum atomic E-state index is 12.7. The van der Waals surface area contributed by atoms with E-state index in [1.54, 1.807) is 18.2 Å². The van der Waals surface area contributed by atoms with Gasteiger partial charge < -0.3 is 14.6 Å². The van der Waals surface area contributed by atoms with Gasteiger partial charge in [0.05, 0.1) is 25.7 Å². The summed E-state index contributed by atoms with van der Waals surface area (Å²) in [5.74, 6) is -0.326. The maximum absolute atomic E-state index is 12.7. The molecule has 1 aliphatic carbocycles. The third-order valence-electron chi connectivity index (χ3n) is 4.19. The maximum Gasteiger partial charge on any atom is 0.391 e. The molecular weight excluding hydrogens is 285 g/mol. The van der Waals surface area contributed by atoms with Gasteiger partial charge in [-0.15, -0.1) is 0 Å². The van der Waals surface area contributed by atoms with E-state index in [0.717, 1.165) is 0 Å². The summed E-state index contributed by atoms with van der Waals surface area (Å²) in [6, 6.07) is 4.96. The molecule has 0 aliphatic heterocycles. The molecule has 0 heterocycles. The van der Waals surface area contributed by atoms with Crippen LogP contribution in [0, 0.1) is 5.92 Å². The second-order valence-electron chi connectivity index (χ2n) is 5.41. The van der Waals surface area contributed by atoms with Crippen molar-refractivity contribution in [3.05, 3.63) is 23.8 Å². The Kier molecular flexibility index (Phi) is 4.37. The van der Waals surface area contributed by atoms with E-state index < -0.39 is 17.7 Å². The third-order valence-corrected chi connectivity index (χ3v) is 4.19. The van der Waals surface area contributed by atoms with Crippen molar-refractivity contribution in [3.63, 3.8) is 0 Å². The number of benzene rings is 1. The van der Waals surface area contributed by atoms with Crippen LogP contribution in [0.5, 0.6) is 11.5 Å². The molecule has 6 heteroatoms. The van der Waals surface area contributed by atoms with Gasteiger partial charge in [-0.2, -0.15) is 13.2 Å². The largest absolute Gasteiger partial charge is 0.497 e. The van der Waals surface area contributed by atoms with E-state index in [9.17, 15) is 18.3 Å². The van der Waals surface area contributed by atoms with E-state index in [1.165, 1.54) is 14.2 Å². The zero-order valence-electron chi connectivity index (χ0n) is 12.0. The number of rotatable bonds is 3. The number of hydrogen-bond donors (Lipinski definition) is 1. The average Bonchev–Trinajstić information content (AvgIpc) is 2.46. The SMILES string of the molecule is COc1ccc(C2(O)CCC(C(F)(F)F)CC2)c(OC)c1. The molecule has 2 rings (SSSR count). The molecule has 1 aromatic carbocycles. The highest BCUT2D eigenvalue weighted by molar-refractivity contribution is 5.44. The van der Waals surface area contributed by atoms with E-state index >= 15 is 0 Å². The van der Waals surface area contributed by atoms with Gasteiger partial charge in [0.1, 0.15) is 11.5 Å². The zero-order valence-corrected chi connectivity index (χ0v) is 12.0. The minimum absolute atomic E-state index is 0.0693. The number of halogens is 3. The van der Waals surface area contributed by atoms with Crippen LogP contribution in [0.3, 0.4) is 0 Å². The molecule has 0 unspecified atom stereocenters. The summed E-state index contributed by atoms with van der Waals surface area (Å²) < 4.78 is 48.5. The minimum atomic E-state index is -4.19. The Labute approximate surface area is 121 Å². The van der Waals surface area contributed by atoms with Crippen LogP contribution in [0.1, 0.15) is 31.2 Å². The molecular formula is C15H19F3O3. The van der Waals surface area contributed by atoms with Gasteiger partial charge in [-0.3, -0.25) is 0 Å². The summed E-state index contributed by atoms with van der Waals surface area (Å²) in [6.07, 6.45) is -4.20. The fourth-order valence-corrected chi connectivity index (χ4v) is 2.87. The topological polar surface area (TPSA) is 38.7 Å². The third kappa shape index (κ3) is 3.26. The quantitative estimate of drug-likeness (QED) is 0.926. The van der Waals surface area contributed by atoms with Gasteiger partial charge in [-0.05, 0) is 37.8 Å².